The maximum absolute atomic E-state index is 13.6. The number of ether oxygens (including phenoxy) is 1. The van der Waals surface area contributed by atoms with Crippen LogP contribution in [0.1, 0.15) is 87.2 Å². The second-order valence-electron chi connectivity index (χ2n) is 12.5. The second kappa shape index (κ2) is 14.4. The van der Waals surface area contributed by atoms with Crippen LogP contribution in [-0.2, 0) is 9.53 Å². The topological polar surface area (TPSA) is 116 Å². The molecule has 0 spiro atoms. The highest BCUT2D eigenvalue weighted by atomic mass is 16.5. The monoisotopic (exact) mass is 628 g/mol. The number of amides is 2. The Hall–Kier alpha value is -5.28. The van der Waals surface area contributed by atoms with Gasteiger partial charge in [-0.25, -0.2) is 14.8 Å². The predicted molar refractivity (Wildman–Crippen MR) is 181 cm³/mol. The fourth-order valence-corrected chi connectivity index (χ4v) is 6.53. The summed E-state index contributed by atoms with van der Waals surface area (Å²) in [6.45, 7) is 4.42. The molecule has 240 valence electrons. The lowest BCUT2D eigenvalue weighted by Gasteiger charge is -2.30. The van der Waals surface area contributed by atoms with Crippen LogP contribution in [-0.4, -0.2) is 56.5 Å². The summed E-state index contributed by atoms with van der Waals surface area (Å²) in [4.78, 5) is 43.4. The lowest BCUT2D eigenvalue weighted by Crippen LogP contribution is -2.51. The molecule has 1 aliphatic carbocycles. The van der Waals surface area contributed by atoms with Gasteiger partial charge in [0.25, 0.3) is 0 Å². The normalized spacial score (nSPS) is 16.7. The van der Waals surface area contributed by atoms with Gasteiger partial charge in [-0.05, 0) is 72.6 Å². The number of H-pyrrole nitrogens is 2. The first-order valence-corrected chi connectivity index (χ1v) is 16.4. The Labute approximate surface area is 275 Å². The largest absolute Gasteiger partial charge is 0.453 e. The van der Waals surface area contributed by atoms with Crippen LogP contribution in [0.2, 0.25) is 0 Å². The van der Waals surface area contributed by atoms with Crippen LogP contribution in [0, 0.1) is 29.6 Å². The fourth-order valence-electron chi connectivity index (χ4n) is 6.53. The SMILES string of the molecule is COC(=O)N[C@H](C(=O)N1CCC[C@H]1c1ncc(-c2ccc(C#CC#Cc3cnc(C4CCCC4)[nH]3)c(-c3ccccc3)c2)[nH]1)C(C)C. The van der Waals surface area contributed by atoms with Gasteiger partial charge in [-0.15, -0.1) is 0 Å². The fraction of sp³-hybridized carbons (Fsp3) is 0.368. The standard InChI is InChI=1S/C38H40N6O3/c1-25(2)34(43-38(46)47-3)37(45)44-21-11-18-33(44)36-40-24-32(42-36)29-20-19-27(31(22-29)26-12-5-4-6-13-26)14-9-10-17-30-23-39-35(41-30)28-15-7-8-16-28/h4-6,12-13,19-20,22-25,28,33-34H,7-8,11,15-16,18,21H2,1-3H3,(H,39,41)(H,40,42)(H,43,46)/t33-,34-/m0/s1. The van der Waals surface area contributed by atoms with Crippen molar-refractivity contribution < 1.29 is 14.3 Å². The molecule has 4 aromatic rings. The third-order valence-corrected chi connectivity index (χ3v) is 9.05. The summed E-state index contributed by atoms with van der Waals surface area (Å²) in [5.41, 5.74) is 5.50. The van der Waals surface area contributed by atoms with Gasteiger partial charge in [0.2, 0.25) is 5.91 Å². The molecule has 47 heavy (non-hydrogen) atoms. The summed E-state index contributed by atoms with van der Waals surface area (Å²) >= 11 is 0. The molecule has 2 atom stereocenters. The Morgan fingerprint density at radius 3 is 2.45 bits per heavy atom. The van der Waals surface area contributed by atoms with E-state index in [0.717, 1.165) is 58.1 Å². The first kappa shape index (κ1) is 31.7. The van der Waals surface area contributed by atoms with E-state index in [1.165, 1.54) is 32.8 Å². The van der Waals surface area contributed by atoms with E-state index >= 15 is 0 Å². The smallest absolute Gasteiger partial charge is 0.407 e. The van der Waals surface area contributed by atoms with Crippen LogP contribution in [0.4, 0.5) is 4.79 Å². The average Bonchev–Trinajstić information content (AvgIpc) is 3.92. The zero-order valence-corrected chi connectivity index (χ0v) is 27.1. The Morgan fingerprint density at radius 2 is 1.68 bits per heavy atom. The van der Waals surface area contributed by atoms with Gasteiger partial charge in [0.15, 0.2) is 0 Å². The van der Waals surface area contributed by atoms with Gasteiger partial charge in [-0.1, -0.05) is 69.0 Å². The Balaban J connectivity index is 1.23. The van der Waals surface area contributed by atoms with Crippen LogP contribution >= 0.6 is 0 Å². The second-order valence-corrected chi connectivity index (χ2v) is 12.5. The highest BCUT2D eigenvalue weighted by molar-refractivity contribution is 5.86. The molecule has 2 aromatic carbocycles. The van der Waals surface area contributed by atoms with Crippen LogP contribution < -0.4 is 5.32 Å². The van der Waals surface area contributed by atoms with Gasteiger partial charge in [-0.2, -0.15) is 0 Å². The number of methoxy groups -OCH3 is 1. The van der Waals surface area contributed by atoms with E-state index in [4.69, 9.17) is 9.72 Å². The maximum atomic E-state index is 13.6. The van der Waals surface area contributed by atoms with E-state index < -0.39 is 12.1 Å². The van der Waals surface area contributed by atoms with Crippen LogP contribution in [0.3, 0.4) is 0 Å². The summed E-state index contributed by atoms with van der Waals surface area (Å²) in [6.07, 6.45) is 9.53. The van der Waals surface area contributed by atoms with Gasteiger partial charge in [0.05, 0.1) is 31.2 Å². The number of carbonyl (C=O) groups excluding carboxylic acids is 2. The number of hydrogen-bond acceptors (Lipinski definition) is 5. The van der Waals surface area contributed by atoms with Crippen LogP contribution in [0.15, 0.2) is 60.9 Å². The summed E-state index contributed by atoms with van der Waals surface area (Å²) < 4.78 is 4.76. The highest BCUT2D eigenvalue weighted by Crippen LogP contribution is 2.34. The molecule has 1 saturated carbocycles. The van der Waals surface area contributed by atoms with Crippen molar-refractivity contribution in [3.8, 4) is 46.1 Å². The minimum atomic E-state index is -0.682. The summed E-state index contributed by atoms with van der Waals surface area (Å²) in [5, 5.41) is 2.70. The lowest BCUT2D eigenvalue weighted by atomic mass is 9.96. The molecule has 9 nitrogen and oxygen atoms in total. The summed E-state index contributed by atoms with van der Waals surface area (Å²) in [5.74, 6) is 14.4. The third-order valence-electron chi connectivity index (χ3n) is 9.05. The van der Waals surface area contributed by atoms with Crippen molar-refractivity contribution in [1.82, 2.24) is 30.2 Å². The summed E-state index contributed by atoms with van der Waals surface area (Å²) in [7, 11) is 1.30. The van der Waals surface area contributed by atoms with Crippen molar-refractivity contribution in [3.05, 3.63) is 83.8 Å². The van der Waals surface area contributed by atoms with E-state index in [0.29, 0.717) is 12.5 Å². The van der Waals surface area contributed by atoms with E-state index in [1.807, 2.05) is 55.3 Å². The first-order chi connectivity index (χ1) is 22.9. The Kier molecular flexibility index (Phi) is 9.73. The lowest BCUT2D eigenvalue weighted by molar-refractivity contribution is -0.135. The van der Waals surface area contributed by atoms with Crippen molar-refractivity contribution >= 4 is 12.0 Å². The predicted octanol–water partition coefficient (Wildman–Crippen LogP) is 6.57. The molecule has 3 N–H and O–H groups in total. The van der Waals surface area contributed by atoms with Gasteiger partial charge < -0.3 is 24.9 Å². The van der Waals surface area contributed by atoms with Crippen LogP contribution in [0.25, 0.3) is 22.4 Å². The molecule has 0 radical (unpaired) electrons. The maximum Gasteiger partial charge on any atom is 0.407 e. The van der Waals surface area contributed by atoms with Gasteiger partial charge in [-0.3, -0.25) is 4.79 Å². The molecule has 2 amide bonds. The van der Waals surface area contributed by atoms with Crippen molar-refractivity contribution in [1.29, 1.82) is 0 Å². The average molecular weight is 629 g/mol. The Bertz CT molecular complexity index is 1850. The number of hydrogen-bond donors (Lipinski definition) is 3. The highest BCUT2D eigenvalue weighted by Gasteiger charge is 2.37. The zero-order valence-electron chi connectivity index (χ0n) is 27.1. The van der Waals surface area contributed by atoms with Crippen molar-refractivity contribution in [2.24, 2.45) is 5.92 Å². The number of rotatable bonds is 7. The number of nitrogens with one attached hydrogen (secondary N) is 3. The zero-order chi connectivity index (χ0) is 32.8. The van der Waals surface area contributed by atoms with Gasteiger partial charge >= 0.3 is 6.09 Å². The number of likely N-dealkylation sites (tertiary alicyclic amines) is 1. The molecule has 1 aliphatic heterocycles. The molecule has 0 bridgehead atoms. The molecule has 3 heterocycles. The quantitative estimate of drug-likeness (QED) is 0.200. The molecular weight excluding hydrogens is 588 g/mol. The number of carbonyl (C=O) groups is 2. The number of aromatic amines is 2. The number of nitrogens with zero attached hydrogens (tertiary/aromatic N) is 3. The third kappa shape index (κ3) is 7.26. The minimum absolute atomic E-state index is 0.0982. The number of imidazole rings is 2. The number of aromatic nitrogens is 4. The van der Waals surface area contributed by atoms with Crippen molar-refractivity contribution in [3.63, 3.8) is 0 Å². The first-order valence-electron chi connectivity index (χ1n) is 16.4. The molecule has 2 fully saturated rings. The molecular formula is C38H40N6O3. The van der Waals surface area contributed by atoms with Crippen molar-refractivity contribution in [2.75, 3.05) is 13.7 Å². The van der Waals surface area contributed by atoms with E-state index in [2.05, 4.69) is 62.1 Å². The van der Waals surface area contributed by atoms with Gasteiger partial charge in [0.1, 0.15) is 23.4 Å². The van der Waals surface area contributed by atoms with Gasteiger partial charge in [0, 0.05) is 23.6 Å². The minimum Gasteiger partial charge on any atom is -0.453 e. The number of alkyl carbamates (subject to hydrolysis) is 1. The van der Waals surface area contributed by atoms with E-state index in [1.54, 1.807) is 6.20 Å². The molecule has 0 unspecified atom stereocenters. The van der Waals surface area contributed by atoms with Crippen molar-refractivity contribution in [2.45, 2.75) is 70.4 Å². The molecule has 2 aromatic heterocycles. The van der Waals surface area contributed by atoms with E-state index in [9.17, 15) is 9.59 Å². The molecule has 1 saturated heterocycles. The molecule has 2 aliphatic rings. The van der Waals surface area contributed by atoms with Crippen LogP contribution in [0.5, 0.6) is 0 Å². The Morgan fingerprint density at radius 1 is 0.915 bits per heavy atom. The molecule has 6 rings (SSSR count). The summed E-state index contributed by atoms with van der Waals surface area (Å²) in [6, 6.07) is 15.4. The number of benzene rings is 2. The molecule has 9 heteroatoms. The van der Waals surface area contributed by atoms with E-state index in [-0.39, 0.29) is 17.9 Å².